The molecule has 1 rings (SSSR count). The van der Waals surface area contributed by atoms with Crippen molar-refractivity contribution in [3.63, 3.8) is 0 Å². The standard InChI is InChI=1S/C14H20FNO3/c1-9(16-13(18)19-14(2,3)4)12(17)10-5-7-11(15)8-6-10/h5-9,12,17H,1-4H3,(H,16,18)/t9-,12+/m0/s1. The Kier molecular flexibility index (Phi) is 4.89. The Bertz CT molecular complexity index is 425. The van der Waals surface area contributed by atoms with E-state index >= 15 is 0 Å². The van der Waals surface area contributed by atoms with Crippen LogP contribution >= 0.6 is 0 Å². The lowest BCUT2D eigenvalue weighted by Gasteiger charge is -2.24. The largest absolute Gasteiger partial charge is 0.444 e. The molecule has 0 bridgehead atoms. The van der Waals surface area contributed by atoms with Crippen LogP contribution in [0.3, 0.4) is 0 Å². The van der Waals surface area contributed by atoms with Gasteiger partial charge in [-0.2, -0.15) is 0 Å². The fourth-order valence-corrected chi connectivity index (χ4v) is 1.52. The van der Waals surface area contributed by atoms with Gasteiger partial charge in [-0.1, -0.05) is 12.1 Å². The molecule has 1 aromatic carbocycles. The van der Waals surface area contributed by atoms with Crippen LogP contribution in [0.25, 0.3) is 0 Å². The van der Waals surface area contributed by atoms with Gasteiger partial charge in [-0.05, 0) is 45.4 Å². The summed E-state index contributed by atoms with van der Waals surface area (Å²) in [6.45, 7) is 6.92. The van der Waals surface area contributed by atoms with E-state index in [1.54, 1.807) is 27.7 Å². The van der Waals surface area contributed by atoms with Crippen LogP contribution in [0.1, 0.15) is 39.4 Å². The van der Waals surface area contributed by atoms with Crippen LogP contribution in [0.5, 0.6) is 0 Å². The van der Waals surface area contributed by atoms with Gasteiger partial charge in [0.1, 0.15) is 11.4 Å². The first-order valence-electron chi connectivity index (χ1n) is 6.12. The zero-order valence-corrected chi connectivity index (χ0v) is 11.6. The number of aliphatic hydroxyl groups excluding tert-OH is 1. The summed E-state index contributed by atoms with van der Waals surface area (Å²) in [6, 6.07) is 4.94. The van der Waals surface area contributed by atoms with E-state index in [1.165, 1.54) is 24.3 Å². The van der Waals surface area contributed by atoms with E-state index in [4.69, 9.17) is 4.74 Å². The molecule has 0 heterocycles. The third-order valence-electron chi connectivity index (χ3n) is 2.43. The van der Waals surface area contributed by atoms with Gasteiger partial charge in [-0.3, -0.25) is 0 Å². The molecule has 2 N–H and O–H groups in total. The molecule has 1 aromatic rings. The summed E-state index contributed by atoms with van der Waals surface area (Å²) < 4.78 is 17.9. The second kappa shape index (κ2) is 6.02. The van der Waals surface area contributed by atoms with Gasteiger partial charge in [-0.15, -0.1) is 0 Å². The first-order chi connectivity index (χ1) is 8.69. The van der Waals surface area contributed by atoms with Gasteiger partial charge in [0.15, 0.2) is 0 Å². The van der Waals surface area contributed by atoms with E-state index in [0.717, 1.165) is 0 Å². The number of halogens is 1. The molecule has 0 unspecified atom stereocenters. The fourth-order valence-electron chi connectivity index (χ4n) is 1.52. The maximum Gasteiger partial charge on any atom is 0.407 e. The predicted molar refractivity (Wildman–Crippen MR) is 70.2 cm³/mol. The van der Waals surface area contributed by atoms with Gasteiger partial charge in [0, 0.05) is 0 Å². The number of nitrogens with one attached hydrogen (secondary N) is 1. The van der Waals surface area contributed by atoms with Gasteiger partial charge < -0.3 is 15.2 Å². The summed E-state index contributed by atoms with van der Waals surface area (Å²) >= 11 is 0. The maximum absolute atomic E-state index is 12.8. The molecule has 0 aliphatic heterocycles. The summed E-state index contributed by atoms with van der Waals surface area (Å²) in [4.78, 5) is 11.6. The number of amides is 1. The Morgan fingerprint density at radius 1 is 1.32 bits per heavy atom. The van der Waals surface area contributed by atoms with Crippen LogP contribution in [-0.2, 0) is 4.74 Å². The molecule has 2 atom stereocenters. The highest BCUT2D eigenvalue weighted by Crippen LogP contribution is 2.17. The molecule has 1 amide bonds. The zero-order valence-electron chi connectivity index (χ0n) is 11.6. The number of carbonyl (C=O) groups excluding carboxylic acids is 1. The van der Waals surface area contributed by atoms with E-state index in [1.807, 2.05) is 0 Å². The van der Waals surface area contributed by atoms with Crippen LogP contribution in [-0.4, -0.2) is 22.8 Å². The predicted octanol–water partition coefficient (Wildman–Crippen LogP) is 2.77. The van der Waals surface area contributed by atoms with E-state index in [-0.39, 0.29) is 5.82 Å². The highest BCUT2D eigenvalue weighted by atomic mass is 19.1. The lowest BCUT2D eigenvalue weighted by molar-refractivity contribution is 0.0435. The first-order valence-corrected chi connectivity index (χ1v) is 6.12. The second-order valence-electron chi connectivity index (χ2n) is 5.43. The lowest BCUT2D eigenvalue weighted by atomic mass is 10.0. The van der Waals surface area contributed by atoms with Crippen molar-refractivity contribution >= 4 is 6.09 Å². The molecule has 4 nitrogen and oxygen atoms in total. The number of aliphatic hydroxyl groups is 1. The van der Waals surface area contributed by atoms with E-state index in [2.05, 4.69) is 5.32 Å². The quantitative estimate of drug-likeness (QED) is 0.887. The highest BCUT2D eigenvalue weighted by Gasteiger charge is 2.22. The third kappa shape index (κ3) is 5.26. The van der Waals surface area contributed by atoms with Crippen molar-refractivity contribution in [2.75, 3.05) is 0 Å². The number of hydrogen-bond donors (Lipinski definition) is 2. The lowest BCUT2D eigenvalue weighted by Crippen LogP contribution is -2.40. The van der Waals surface area contributed by atoms with Crippen molar-refractivity contribution in [3.05, 3.63) is 35.6 Å². The number of ether oxygens (including phenoxy) is 1. The molecule has 0 saturated carbocycles. The second-order valence-corrected chi connectivity index (χ2v) is 5.43. The van der Waals surface area contributed by atoms with E-state index in [0.29, 0.717) is 5.56 Å². The van der Waals surface area contributed by atoms with Gasteiger partial charge in [0.05, 0.1) is 12.1 Å². The Labute approximate surface area is 112 Å². The average molecular weight is 269 g/mol. The normalized spacial score (nSPS) is 14.6. The molecule has 0 saturated heterocycles. The number of benzene rings is 1. The van der Waals surface area contributed by atoms with Gasteiger partial charge in [-0.25, -0.2) is 9.18 Å². The molecule has 19 heavy (non-hydrogen) atoms. The summed E-state index contributed by atoms with van der Waals surface area (Å²) in [7, 11) is 0. The Balaban J connectivity index is 2.60. The van der Waals surface area contributed by atoms with Crippen molar-refractivity contribution in [2.24, 2.45) is 0 Å². The molecule has 0 radical (unpaired) electrons. The molecule has 0 spiro atoms. The Hall–Kier alpha value is -1.62. The zero-order chi connectivity index (χ0) is 14.6. The number of rotatable bonds is 3. The maximum atomic E-state index is 12.8. The monoisotopic (exact) mass is 269 g/mol. The van der Waals surface area contributed by atoms with Crippen LogP contribution < -0.4 is 5.32 Å². The van der Waals surface area contributed by atoms with Crippen LogP contribution in [0.15, 0.2) is 24.3 Å². The van der Waals surface area contributed by atoms with Gasteiger partial charge in [0.25, 0.3) is 0 Å². The Morgan fingerprint density at radius 2 is 1.84 bits per heavy atom. The minimum absolute atomic E-state index is 0.372. The van der Waals surface area contributed by atoms with Crippen molar-refractivity contribution in [1.82, 2.24) is 5.32 Å². The molecule has 0 aliphatic rings. The van der Waals surface area contributed by atoms with Crippen molar-refractivity contribution in [3.8, 4) is 0 Å². The molecule has 0 aromatic heterocycles. The summed E-state index contributed by atoms with van der Waals surface area (Å²) in [5.74, 6) is -0.372. The minimum Gasteiger partial charge on any atom is -0.444 e. The summed E-state index contributed by atoms with van der Waals surface area (Å²) in [5, 5.41) is 12.6. The van der Waals surface area contributed by atoms with Gasteiger partial charge in [0.2, 0.25) is 0 Å². The Morgan fingerprint density at radius 3 is 2.32 bits per heavy atom. The van der Waals surface area contributed by atoms with Crippen molar-refractivity contribution in [2.45, 2.75) is 45.4 Å². The first kappa shape index (κ1) is 15.4. The van der Waals surface area contributed by atoms with Crippen LogP contribution in [0.4, 0.5) is 9.18 Å². The van der Waals surface area contributed by atoms with E-state index in [9.17, 15) is 14.3 Å². The highest BCUT2D eigenvalue weighted by molar-refractivity contribution is 5.68. The SMILES string of the molecule is C[C@H](NC(=O)OC(C)(C)C)[C@@H](O)c1ccc(F)cc1. The molecular formula is C14H20FNO3. The number of alkyl carbamates (subject to hydrolysis) is 1. The van der Waals surface area contributed by atoms with Crippen LogP contribution in [0, 0.1) is 5.82 Å². The van der Waals surface area contributed by atoms with Crippen molar-refractivity contribution in [1.29, 1.82) is 0 Å². The molecule has 0 aliphatic carbocycles. The van der Waals surface area contributed by atoms with Crippen molar-refractivity contribution < 1.29 is 19.0 Å². The smallest absolute Gasteiger partial charge is 0.407 e. The molecule has 106 valence electrons. The molecular weight excluding hydrogens is 249 g/mol. The summed E-state index contributed by atoms with van der Waals surface area (Å²) in [6.07, 6.45) is -1.52. The molecule has 5 heteroatoms. The third-order valence-corrected chi connectivity index (χ3v) is 2.43. The average Bonchev–Trinajstić information content (AvgIpc) is 2.26. The number of hydrogen-bond acceptors (Lipinski definition) is 3. The number of carbonyl (C=O) groups is 1. The molecule has 0 fully saturated rings. The van der Waals surface area contributed by atoms with Gasteiger partial charge >= 0.3 is 6.09 Å². The van der Waals surface area contributed by atoms with E-state index < -0.39 is 23.8 Å². The topological polar surface area (TPSA) is 58.6 Å². The minimum atomic E-state index is -0.923. The fraction of sp³-hybridized carbons (Fsp3) is 0.500. The van der Waals surface area contributed by atoms with Crippen LogP contribution in [0.2, 0.25) is 0 Å². The summed E-state index contributed by atoms with van der Waals surface area (Å²) in [5.41, 5.74) is -0.0603.